The van der Waals surface area contributed by atoms with Gasteiger partial charge >= 0.3 is 5.96 Å². The number of rotatable bonds is 3. The lowest BCUT2D eigenvalue weighted by Crippen LogP contribution is -2.43. The van der Waals surface area contributed by atoms with Crippen molar-refractivity contribution >= 4 is 5.96 Å². The standard InChI is InChI=1S/C8H19N3O/c1-6(2)11(5-7(3)12)8(9)10-4/h6-7,12H,5H2,1-4H3,(H2,9,10)/p+1. The zero-order chi connectivity index (χ0) is 9.72. The quantitative estimate of drug-likeness (QED) is 0.302. The number of guanidine groups is 1. The molecule has 0 spiro atoms. The van der Waals surface area contributed by atoms with E-state index in [9.17, 15) is 5.11 Å². The Hall–Kier alpha value is -0.770. The Morgan fingerprint density at radius 2 is 2.00 bits per heavy atom. The van der Waals surface area contributed by atoms with Gasteiger partial charge in [0.2, 0.25) is 0 Å². The van der Waals surface area contributed by atoms with E-state index in [4.69, 9.17) is 5.73 Å². The summed E-state index contributed by atoms with van der Waals surface area (Å²) >= 11 is 0. The van der Waals surface area contributed by atoms with Crippen LogP contribution in [0.3, 0.4) is 0 Å². The van der Waals surface area contributed by atoms with Crippen LogP contribution in [0.4, 0.5) is 0 Å². The highest BCUT2D eigenvalue weighted by molar-refractivity contribution is 5.72. The predicted octanol–water partition coefficient (Wildman–Crippen LogP) is -0.678. The van der Waals surface area contributed by atoms with E-state index in [0.717, 1.165) is 0 Å². The molecule has 0 bridgehead atoms. The van der Waals surface area contributed by atoms with E-state index < -0.39 is 0 Å². The largest absolute Gasteiger partial charge is 0.390 e. The first kappa shape index (κ1) is 11.2. The highest BCUT2D eigenvalue weighted by atomic mass is 16.3. The molecule has 4 nitrogen and oxygen atoms in total. The van der Waals surface area contributed by atoms with Crippen LogP contribution in [0.1, 0.15) is 20.8 Å². The van der Waals surface area contributed by atoms with Gasteiger partial charge in [-0.3, -0.25) is 15.6 Å². The van der Waals surface area contributed by atoms with E-state index >= 15 is 0 Å². The van der Waals surface area contributed by atoms with Crippen molar-refractivity contribution in [3.8, 4) is 0 Å². The normalized spacial score (nSPS) is 15.8. The lowest BCUT2D eigenvalue weighted by Gasteiger charge is -2.15. The van der Waals surface area contributed by atoms with Crippen molar-refractivity contribution in [3.63, 3.8) is 0 Å². The van der Waals surface area contributed by atoms with Crippen molar-refractivity contribution in [3.05, 3.63) is 0 Å². The van der Waals surface area contributed by atoms with Gasteiger partial charge in [-0.25, -0.2) is 0 Å². The summed E-state index contributed by atoms with van der Waals surface area (Å²) in [5, 5.41) is 12.0. The summed E-state index contributed by atoms with van der Waals surface area (Å²) in [7, 11) is 1.77. The van der Waals surface area contributed by atoms with Crippen LogP contribution in [0.2, 0.25) is 0 Å². The molecule has 0 amide bonds. The van der Waals surface area contributed by atoms with Crippen molar-refractivity contribution < 1.29 is 9.68 Å². The molecule has 0 aliphatic carbocycles. The molecule has 0 saturated carbocycles. The number of hydrogen-bond donors (Lipinski definition) is 3. The zero-order valence-corrected chi connectivity index (χ0v) is 8.33. The first-order chi connectivity index (χ1) is 5.49. The smallest absolute Gasteiger partial charge is 0.343 e. The van der Waals surface area contributed by atoms with Crippen molar-refractivity contribution in [2.24, 2.45) is 5.73 Å². The summed E-state index contributed by atoms with van der Waals surface area (Å²) in [6, 6.07) is 0.298. The molecule has 0 aromatic rings. The third kappa shape index (κ3) is 3.57. The Labute approximate surface area is 74.1 Å². The van der Waals surface area contributed by atoms with Gasteiger partial charge in [0, 0.05) is 0 Å². The highest BCUT2D eigenvalue weighted by Crippen LogP contribution is 1.91. The lowest BCUT2D eigenvalue weighted by atomic mass is 10.3. The van der Waals surface area contributed by atoms with E-state index in [0.29, 0.717) is 18.5 Å². The van der Waals surface area contributed by atoms with E-state index in [1.807, 2.05) is 18.4 Å². The fraction of sp³-hybridized carbons (Fsp3) is 0.875. The van der Waals surface area contributed by atoms with Gasteiger partial charge in [-0.1, -0.05) is 0 Å². The van der Waals surface area contributed by atoms with Gasteiger partial charge in [-0.2, -0.15) is 0 Å². The van der Waals surface area contributed by atoms with Crippen LogP contribution < -0.4 is 11.1 Å². The maximum atomic E-state index is 9.18. The monoisotopic (exact) mass is 174 g/mol. The van der Waals surface area contributed by atoms with Gasteiger partial charge < -0.3 is 5.11 Å². The van der Waals surface area contributed by atoms with Crippen LogP contribution in [-0.4, -0.2) is 41.4 Å². The molecule has 0 fully saturated rings. The van der Waals surface area contributed by atoms with Crippen LogP contribution in [0.25, 0.3) is 0 Å². The molecule has 0 aliphatic rings. The number of aliphatic hydroxyl groups excluding tert-OH is 1. The van der Waals surface area contributed by atoms with Gasteiger partial charge in [0.25, 0.3) is 0 Å². The fourth-order valence-electron chi connectivity index (χ4n) is 1.02. The first-order valence-electron chi connectivity index (χ1n) is 4.24. The fourth-order valence-corrected chi connectivity index (χ4v) is 1.02. The maximum absolute atomic E-state index is 9.18. The maximum Gasteiger partial charge on any atom is 0.343 e. The molecule has 0 aromatic carbocycles. The number of nitrogens with two attached hydrogens (primary N) is 1. The average Bonchev–Trinajstić information content (AvgIpc) is 1.98. The van der Waals surface area contributed by atoms with Crippen molar-refractivity contribution in [1.29, 1.82) is 0 Å². The Kier molecular flexibility index (Phi) is 4.66. The minimum atomic E-state index is -0.362. The average molecular weight is 174 g/mol. The van der Waals surface area contributed by atoms with E-state index in [1.165, 1.54) is 0 Å². The van der Waals surface area contributed by atoms with Gasteiger partial charge in [-0.15, -0.1) is 0 Å². The molecule has 0 rings (SSSR count). The summed E-state index contributed by atoms with van der Waals surface area (Å²) < 4.78 is 1.92. The Morgan fingerprint density at radius 1 is 1.50 bits per heavy atom. The van der Waals surface area contributed by atoms with Gasteiger partial charge in [-0.05, 0) is 20.8 Å². The molecule has 12 heavy (non-hydrogen) atoms. The molecule has 0 aliphatic heterocycles. The molecular weight excluding hydrogens is 154 g/mol. The van der Waals surface area contributed by atoms with Crippen LogP contribution in [0, 0.1) is 0 Å². The van der Waals surface area contributed by atoms with E-state index in [-0.39, 0.29) is 6.10 Å². The van der Waals surface area contributed by atoms with Crippen LogP contribution in [-0.2, 0) is 0 Å². The van der Waals surface area contributed by atoms with E-state index in [1.54, 1.807) is 14.0 Å². The molecule has 0 saturated heterocycles. The Morgan fingerprint density at radius 3 is 2.25 bits per heavy atom. The first-order valence-corrected chi connectivity index (χ1v) is 4.24. The third-order valence-electron chi connectivity index (χ3n) is 1.65. The molecule has 1 unspecified atom stereocenters. The summed E-state index contributed by atoms with van der Waals surface area (Å²) in [4.78, 5) is 0. The van der Waals surface area contributed by atoms with Gasteiger partial charge in [0.1, 0.15) is 0 Å². The van der Waals surface area contributed by atoms with Crippen LogP contribution in [0.5, 0.6) is 0 Å². The second kappa shape index (κ2) is 4.98. The number of hydrogen-bond acceptors (Lipinski definition) is 1. The molecule has 72 valence electrons. The minimum absolute atomic E-state index is 0.298. The molecule has 4 N–H and O–H groups in total. The number of nitrogens with zero attached hydrogens (tertiary/aromatic N) is 1. The third-order valence-corrected chi connectivity index (χ3v) is 1.65. The highest BCUT2D eigenvalue weighted by Gasteiger charge is 2.12. The van der Waals surface area contributed by atoms with Crippen LogP contribution >= 0.6 is 0 Å². The van der Waals surface area contributed by atoms with Crippen LogP contribution in [0.15, 0.2) is 0 Å². The Bertz CT molecular complexity index is 164. The molecular formula is C8H20N3O+. The molecule has 4 heteroatoms. The predicted molar refractivity (Wildman–Crippen MR) is 50.2 cm³/mol. The second-order valence-electron chi connectivity index (χ2n) is 3.23. The van der Waals surface area contributed by atoms with Gasteiger partial charge in [0.15, 0.2) is 0 Å². The molecule has 0 heterocycles. The van der Waals surface area contributed by atoms with Crippen molar-refractivity contribution in [2.75, 3.05) is 13.6 Å². The number of aliphatic hydroxyl groups is 1. The topological polar surface area (TPSA) is 61.3 Å². The SMILES string of the molecule is CNC(N)=[N+](CC(C)O)C(C)C. The lowest BCUT2D eigenvalue weighted by molar-refractivity contribution is -0.568. The second-order valence-corrected chi connectivity index (χ2v) is 3.23. The minimum Gasteiger partial charge on any atom is -0.390 e. The van der Waals surface area contributed by atoms with Crippen molar-refractivity contribution in [1.82, 2.24) is 5.32 Å². The summed E-state index contributed by atoms with van der Waals surface area (Å²) in [6.07, 6.45) is -0.362. The Balaban J connectivity index is 4.43. The van der Waals surface area contributed by atoms with Crippen molar-refractivity contribution in [2.45, 2.75) is 32.9 Å². The summed E-state index contributed by atoms with van der Waals surface area (Å²) in [5.41, 5.74) is 5.69. The summed E-state index contributed by atoms with van der Waals surface area (Å²) in [6.45, 7) is 6.38. The molecule has 0 aromatic heterocycles. The molecule has 1 atom stereocenters. The zero-order valence-electron chi connectivity index (χ0n) is 8.33. The summed E-state index contributed by atoms with van der Waals surface area (Å²) in [5.74, 6) is 0.603. The van der Waals surface area contributed by atoms with Gasteiger partial charge in [0.05, 0.1) is 25.7 Å². The van der Waals surface area contributed by atoms with E-state index in [2.05, 4.69) is 5.32 Å². The number of nitrogens with one attached hydrogen (secondary N) is 1. The molecule has 0 radical (unpaired) electrons.